The van der Waals surface area contributed by atoms with Crippen molar-refractivity contribution >= 4 is 22.8 Å². The highest BCUT2D eigenvalue weighted by Crippen LogP contribution is 2.24. The zero-order valence-corrected chi connectivity index (χ0v) is 15.5. The highest BCUT2D eigenvalue weighted by atomic mass is 16.5. The number of nitrogens with one attached hydrogen (secondary N) is 1. The molecule has 2 aromatic carbocycles. The fourth-order valence-electron chi connectivity index (χ4n) is 3.03. The molecule has 27 heavy (non-hydrogen) atoms. The van der Waals surface area contributed by atoms with Gasteiger partial charge in [0, 0.05) is 5.39 Å². The summed E-state index contributed by atoms with van der Waals surface area (Å²) < 4.78 is 11.0. The van der Waals surface area contributed by atoms with Crippen LogP contribution >= 0.6 is 0 Å². The first kappa shape index (κ1) is 18.7. The summed E-state index contributed by atoms with van der Waals surface area (Å²) in [5, 5.41) is 3.78. The van der Waals surface area contributed by atoms with Gasteiger partial charge < -0.3 is 14.5 Å². The maximum Gasteiger partial charge on any atom is 0.313 e. The van der Waals surface area contributed by atoms with Crippen LogP contribution in [-0.4, -0.2) is 18.5 Å². The Kier molecular flexibility index (Phi) is 5.91. The smallest absolute Gasteiger partial charge is 0.313 e. The maximum atomic E-state index is 12.3. The van der Waals surface area contributed by atoms with Crippen molar-refractivity contribution in [2.45, 2.75) is 32.2 Å². The Balaban J connectivity index is 1.54. The van der Waals surface area contributed by atoms with E-state index in [2.05, 4.69) is 5.32 Å². The van der Waals surface area contributed by atoms with E-state index in [1.54, 1.807) is 0 Å². The van der Waals surface area contributed by atoms with Crippen LogP contribution in [-0.2, 0) is 14.3 Å². The Bertz CT molecular complexity index is 883. The van der Waals surface area contributed by atoms with Gasteiger partial charge in [0.1, 0.15) is 11.3 Å². The van der Waals surface area contributed by atoms with Gasteiger partial charge in [0.05, 0.1) is 12.0 Å². The summed E-state index contributed by atoms with van der Waals surface area (Å²) in [6.45, 7) is 3.44. The Labute approximate surface area is 158 Å². The fourth-order valence-corrected chi connectivity index (χ4v) is 3.03. The third kappa shape index (κ3) is 4.56. The van der Waals surface area contributed by atoms with Crippen molar-refractivity contribution in [3.63, 3.8) is 0 Å². The molecule has 5 heteroatoms. The molecule has 2 atom stereocenters. The largest absolute Gasteiger partial charge is 0.459 e. The molecule has 0 radical (unpaired) electrons. The van der Waals surface area contributed by atoms with Gasteiger partial charge in [0.25, 0.3) is 5.91 Å². The zero-order chi connectivity index (χ0) is 19.2. The van der Waals surface area contributed by atoms with E-state index in [1.165, 1.54) is 0 Å². The van der Waals surface area contributed by atoms with Gasteiger partial charge in [0.15, 0.2) is 6.61 Å². The molecule has 0 fully saturated rings. The maximum absolute atomic E-state index is 12.3. The van der Waals surface area contributed by atoms with Gasteiger partial charge >= 0.3 is 5.97 Å². The summed E-state index contributed by atoms with van der Waals surface area (Å²) in [5.41, 5.74) is 1.66. The molecule has 0 saturated carbocycles. The number of carbonyl (C=O) groups is 2. The van der Waals surface area contributed by atoms with E-state index in [-0.39, 0.29) is 24.5 Å². The van der Waals surface area contributed by atoms with Crippen molar-refractivity contribution in [1.82, 2.24) is 5.32 Å². The average Bonchev–Trinajstić information content (AvgIpc) is 3.12. The van der Waals surface area contributed by atoms with E-state index in [4.69, 9.17) is 9.15 Å². The van der Waals surface area contributed by atoms with Crippen molar-refractivity contribution in [2.24, 2.45) is 0 Å². The third-order valence-electron chi connectivity index (χ3n) is 4.49. The molecule has 0 aliphatic carbocycles. The summed E-state index contributed by atoms with van der Waals surface area (Å²) in [4.78, 5) is 24.5. The zero-order valence-electron chi connectivity index (χ0n) is 15.5. The average molecular weight is 365 g/mol. The van der Waals surface area contributed by atoms with Gasteiger partial charge in [-0.2, -0.15) is 0 Å². The van der Waals surface area contributed by atoms with E-state index in [9.17, 15) is 9.59 Å². The molecule has 3 rings (SSSR count). The highest BCUT2D eigenvalue weighted by molar-refractivity contribution is 5.84. The minimum absolute atomic E-state index is 0.313. The van der Waals surface area contributed by atoms with Crippen molar-refractivity contribution in [2.75, 3.05) is 6.61 Å². The quantitative estimate of drug-likeness (QED) is 0.632. The molecule has 1 N–H and O–H groups in total. The second-order valence-corrected chi connectivity index (χ2v) is 6.46. The van der Waals surface area contributed by atoms with Crippen molar-refractivity contribution in [1.29, 1.82) is 0 Å². The molecule has 0 spiro atoms. The minimum atomic E-state index is -0.393. The normalized spacial score (nSPS) is 13.1. The van der Waals surface area contributed by atoms with Crippen molar-refractivity contribution in [3.05, 3.63) is 72.0 Å². The van der Waals surface area contributed by atoms with E-state index in [0.29, 0.717) is 12.2 Å². The summed E-state index contributed by atoms with van der Waals surface area (Å²) in [6.07, 6.45) is 0.611. The Hall–Kier alpha value is -3.08. The number of fused-ring (bicyclic) bond motifs is 1. The second kappa shape index (κ2) is 8.54. The molecule has 0 bridgehead atoms. The van der Waals surface area contributed by atoms with Crippen LogP contribution in [0.5, 0.6) is 0 Å². The molecule has 0 unspecified atom stereocenters. The molecule has 1 aromatic heterocycles. The van der Waals surface area contributed by atoms with E-state index in [0.717, 1.165) is 16.5 Å². The lowest BCUT2D eigenvalue weighted by Crippen LogP contribution is -2.31. The number of hydrogen-bond donors (Lipinski definition) is 1. The first-order valence-corrected chi connectivity index (χ1v) is 9.08. The topological polar surface area (TPSA) is 68.5 Å². The Morgan fingerprint density at radius 2 is 1.78 bits per heavy atom. The minimum Gasteiger partial charge on any atom is -0.459 e. The van der Waals surface area contributed by atoms with E-state index in [1.807, 2.05) is 74.5 Å². The number of esters is 1. The molecule has 1 amide bonds. The van der Waals surface area contributed by atoms with Crippen LogP contribution < -0.4 is 5.32 Å². The van der Waals surface area contributed by atoms with Gasteiger partial charge in [-0.1, -0.05) is 55.5 Å². The van der Waals surface area contributed by atoms with E-state index < -0.39 is 5.97 Å². The molecule has 0 aliphatic rings. The first-order valence-electron chi connectivity index (χ1n) is 9.08. The highest BCUT2D eigenvalue weighted by Gasteiger charge is 2.21. The fraction of sp³-hybridized carbons (Fsp3) is 0.273. The van der Waals surface area contributed by atoms with Crippen LogP contribution in [0.15, 0.2) is 65.1 Å². The van der Waals surface area contributed by atoms with Gasteiger partial charge in [-0.15, -0.1) is 0 Å². The van der Waals surface area contributed by atoms with Gasteiger partial charge in [-0.25, -0.2) is 0 Å². The van der Waals surface area contributed by atoms with Crippen LogP contribution in [0.3, 0.4) is 0 Å². The van der Waals surface area contributed by atoms with E-state index >= 15 is 0 Å². The number of carbonyl (C=O) groups excluding carboxylic acids is 2. The van der Waals surface area contributed by atoms with Gasteiger partial charge in [-0.05, 0) is 31.0 Å². The lowest BCUT2D eigenvalue weighted by atomic mass is 9.97. The number of hydrogen-bond acceptors (Lipinski definition) is 4. The summed E-state index contributed by atoms with van der Waals surface area (Å²) in [7, 11) is 0. The van der Waals surface area contributed by atoms with Crippen LogP contribution in [0.4, 0.5) is 0 Å². The molecular weight excluding hydrogens is 342 g/mol. The molecule has 0 aliphatic heterocycles. The number of ether oxygens (including phenoxy) is 1. The lowest BCUT2D eigenvalue weighted by Gasteiger charge is -2.15. The van der Waals surface area contributed by atoms with Crippen LogP contribution in [0.1, 0.15) is 43.6 Å². The molecule has 140 valence electrons. The first-order chi connectivity index (χ1) is 13.1. The summed E-state index contributed by atoms with van der Waals surface area (Å²) in [5.74, 6) is -0.465. The van der Waals surface area contributed by atoms with Crippen LogP contribution in [0.2, 0.25) is 0 Å². The molecule has 5 nitrogen and oxygen atoms in total. The Morgan fingerprint density at radius 1 is 1.07 bits per heavy atom. The monoisotopic (exact) mass is 365 g/mol. The number of amides is 1. The van der Waals surface area contributed by atoms with Crippen LogP contribution in [0, 0.1) is 0 Å². The van der Waals surface area contributed by atoms with Gasteiger partial charge in [-0.3, -0.25) is 9.59 Å². The van der Waals surface area contributed by atoms with Crippen LogP contribution in [0.25, 0.3) is 11.0 Å². The van der Waals surface area contributed by atoms with Crippen molar-refractivity contribution in [3.8, 4) is 0 Å². The molecule has 0 saturated heterocycles. The SMILES string of the molecule is CC[C@H](C(=O)OCC(=O)N[C@H](C)c1cc2ccccc2o1)c1ccccc1. The molecule has 1 heterocycles. The lowest BCUT2D eigenvalue weighted by molar-refractivity contribution is -0.150. The Morgan fingerprint density at radius 3 is 2.48 bits per heavy atom. The predicted octanol–water partition coefficient (Wildman–Crippen LogP) is 4.35. The molecular formula is C22H23NO4. The summed E-state index contributed by atoms with van der Waals surface area (Å²) >= 11 is 0. The second-order valence-electron chi connectivity index (χ2n) is 6.46. The number of benzene rings is 2. The predicted molar refractivity (Wildman–Crippen MR) is 103 cm³/mol. The number of furan rings is 1. The van der Waals surface area contributed by atoms with Crippen molar-refractivity contribution < 1.29 is 18.7 Å². The summed E-state index contributed by atoms with van der Waals surface area (Å²) in [6, 6.07) is 18.7. The third-order valence-corrected chi connectivity index (χ3v) is 4.49. The number of para-hydroxylation sites is 1. The number of rotatable bonds is 7. The molecule has 3 aromatic rings. The standard InChI is InChI=1S/C22H23NO4/c1-3-18(16-9-5-4-6-10-16)22(25)26-14-21(24)23-15(2)20-13-17-11-7-8-12-19(17)27-20/h4-13,15,18H,3,14H2,1-2H3,(H,23,24)/t15-,18+/m1/s1. The van der Waals surface area contributed by atoms with Gasteiger partial charge in [0.2, 0.25) is 0 Å².